The van der Waals surface area contributed by atoms with Gasteiger partial charge in [0.2, 0.25) is 0 Å². The van der Waals surface area contributed by atoms with Crippen molar-refractivity contribution in [1.29, 1.82) is 0 Å². The highest BCUT2D eigenvalue weighted by Crippen LogP contribution is 2.26. The fourth-order valence-electron chi connectivity index (χ4n) is 3.16. The van der Waals surface area contributed by atoms with Crippen LogP contribution in [0.4, 0.5) is 0 Å². The molecular weight excluding hydrogens is 362 g/mol. The van der Waals surface area contributed by atoms with Crippen LogP contribution in [0.15, 0.2) is 48.5 Å². The molecule has 5 heteroatoms. The second-order valence-electron chi connectivity index (χ2n) is 7.79. The topological polar surface area (TPSA) is 56.1 Å². The monoisotopic (exact) mass is 391 g/mol. The molecule has 0 aliphatic carbocycles. The summed E-state index contributed by atoms with van der Waals surface area (Å²) in [5, 5.41) is 7.83. The first-order valence-corrected chi connectivity index (χ1v) is 9.99. The van der Waals surface area contributed by atoms with E-state index in [0.29, 0.717) is 18.2 Å². The van der Waals surface area contributed by atoms with E-state index in [1.807, 2.05) is 44.2 Å². The van der Waals surface area contributed by atoms with Gasteiger partial charge < -0.3 is 10.1 Å². The van der Waals surface area contributed by atoms with Crippen molar-refractivity contribution in [2.75, 3.05) is 13.7 Å². The second kappa shape index (κ2) is 8.95. The van der Waals surface area contributed by atoms with Gasteiger partial charge in [-0.25, -0.2) is 4.68 Å². The van der Waals surface area contributed by atoms with Crippen LogP contribution in [0.2, 0.25) is 0 Å². The molecule has 1 amide bonds. The maximum absolute atomic E-state index is 13.0. The lowest BCUT2D eigenvalue weighted by atomic mass is 10.1. The first-order valence-electron chi connectivity index (χ1n) is 9.99. The number of ether oxygens (including phenoxy) is 1. The number of aryl methyl sites for hydroxylation is 2. The van der Waals surface area contributed by atoms with Crippen LogP contribution in [0, 0.1) is 19.8 Å². The number of aromatic nitrogens is 2. The molecule has 0 fully saturated rings. The molecule has 0 unspecified atom stereocenters. The highest BCUT2D eigenvalue weighted by atomic mass is 16.5. The summed E-state index contributed by atoms with van der Waals surface area (Å²) in [5.41, 5.74) is 5.26. The van der Waals surface area contributed by atoms with Gasteiger partial charge in [0.05, 0.1) is 18.5 Å². The zero-order chi connectivity index (χ0) is 21.0. The summed E-state index contributed by atoms with van der Waals surface area (Å²) in [5.74, 6) is 1.17. The lowest BCUT2D eigenvalue weighted by Gasteiger charge is -2.12. The summed E-state index contributed by atoms with van der Waals surface area (Å²) < 4.78 is 7.09. The van der Waals surface area contributed by atoms with Crippen LogP contribution in [0.3, 0.4) is 0 Å². The van der Waals surface area contributed by atoms with Gasteiger partial charge in [-0.3, -0.25) is 4.79 Å². The zero-order valence-corrected chi connectivity index (χ0v) is 17.8. The van der Waals surface area contributed by atoms with Crippen molar-refractivity contribution in [3.63, 3.8) is 0 Å². The van der Waals surface area contributed by atoms with Gasteiger partial charge in [0.25, 0.3) is 5.91 Å². The third kappa shape index (κ3) is 4.86. The Kier molecular flexibility index (Phi) is 6.37. The molecule has 3 aromatic rings. The lowest BCUT2D eigenvalue weighted by molar-refractivity contribution is 0.0944. The van der Waals surface area contributed by atoms with Crippen molar-refractivity contribution in [2.45, 2.75) is 34.1 Å². The molecule has 1 aromatic heterocycles. The predicted molar refractivity (Wildman–Crippen MR) is 117 cm³/mol. The molecule has 0 saturated heterocycles. The first-order chi connectivity index (χ1) is 13.9. The molecule has 0 saturated carbocycles. The van der Waals surface area contributed by atoms with Crippen molar-refractivity contribution in [1.82, 2.24) is 15.1 Å². The number of rotatable bonds is 7. The molecule has 0 radical (unpaired) electrons. The van der Waals surface area contributed by atoms with Gasteiger partial charge in [-0.2, -0.15) is 5.10 Å². The predicted octanol–water partition coefficient (Wildman–Crippen LogP) is 4.94. The first kappa shape index (κ1) is 20.6. The molecule has 0 aliphatic heterocycles. The fraction of sp³-hybridized carbons (Fsp3) is 0.333. The number of hydrogen-bond acceptors (Lipinski definition) is 3. The molecule has 152 valence electrons. The zero-order valence-electron chi connectivity index (χ0n) is 17.8. The summed E-state index contributed by atoms with van der Waals surface area (Å²) in [4.78, 5) is 13.0. The summed E-state index contributed by atoms with van der Waals surface area (Å²) in [7, 11) is 1.64. The van der Waals surface area contributed by atoms with E-state index in [1.54, 1.807) is 11.8 Å². The fourth-order valence-corrected chi connectivity index (χ4v) is 3.16. The second-order valence-corrected chi connectivity index (χ2v) is 7.79. The molecule has 29 heavy (non-hydrogen) atoms. The average Bonchev–Trinajstić information content (AvgIpc) is 3.15. The van der Waals surface area contributed by atoms with Crippen molar-refractivity contribution in [3.8, 4) is 22.7 Å². The minimum Gasteiger partial charge on any atom is -0.497 e. The van der Waals surface area contributed by atoms with Crippen LogP contribution in [-0.4, -0.2) is 29.3 Å². The number of carbonyl (C=O) groups excluding carboxylic acids is 1. The molecule has 2 aromatic carbocycles. The number of methoxy groups -OCH3 is 1. The molecule has 3 rings (SSSR count). The number of carbonyl (C=O) groups is 1. The maximum atomic E-state index is 13.0. The van der Waals surface area contributed by atoms with Gasteiger partial charge in [-0.1, -0.05) is 38.1 Å². The number of hydrogen-bond donors (Lipinski definition) is 1. The SMILES string of the molecule is COc1cccc(-c2cc(C(=O)NCCC(C)C)n(-c3cc(C)ccc3C)n2)c1. The Bertz CT molecular complexity index is 1010. The Hall–Kier alpha value is -3.08. The number of amides is 1. The Morgan fingerprint density at radius 3 is 2.66 bits per heavy atom. The van der Waals surface area contributed by atoms with Crippen LogP contribution in [0.1, 0.15) is 41.9 Å². The third-order valence-electron chi connectivity index (χ3n) is 4.91. The van der Waals surface area contributed by atoms with Gasteiger partial charge in [0.1, 0.15) is 11.4 Å². The maximum Gasteiger partial charge on any atom is 0.270 e. The smallest absolute Gasteiger partial charge is 0.270 e. The molecule has 0 spiro atoms. The molecule has 0 atom stereocenters. The number of benzene rings is 2. The minimum atomic E-state index is -0.117. The van der Waals surface area contributed by atoms with Crippen LogP contribution < -0.4 is 10.1 Å². The van der Waals surface area contributed by atoms with Crippen molar-refractivity contribution in [2.24, 2.45) is 5.92 Å². The van der Waals surface area contributed by atoms with Gasteiger partial charge in [0.15, 0.2) is 0 Å². The van der Waals surface area contributed by atoms with E-state index in [9.17, 15) is 4.79 Å². The largest absolute Gasteiger partial charge is 0.497 e. The van der Waals surface area contributed by atoms with Crippen LogP contribution in [0.5, 0.6) is 5.75 Å². The highest BCUT2D eigenvalue weighted by Gasteiger charge is 2.19. The Morgan fingerprint density at radius 1 is 1.14 bits per heavy atom. The normalized spacial score (nSPS) is 11.0. The highest BCUT2D eigenvalue weighted by molar-refractivity contribution is 5.94. The van der Waals surface area contributed by atoms with Crippen LogP contribution in [0.25, 0.3) is 16.9 Å². The van der Waals surface area contributed by atoms with E-state index in [1.165, 1.54) is 0 Å². The van der Waals surface area contributed by atoms with E-state index < -0.39 is 0 Å². The standard InChI is InChI=1S/C24H29N3O2/c1-16(2)11-12-25-24(28)23-15-21(19-7-6-8-20(14-19)29-5)26-27(23)22-13-17(3)9-10-18(22)4/h6-10,13-16H,11-12H2,1-5H3,(H,25,28). The Labute approximate surface area is 172 Å². The van der Waals surface area contributed by atoms with Crippen molar-refractivity contribution >= 4 is 5.91 Å². The van der Waals surface area contributed by atoms with E-state index in [4.69, 9.17) is 9.84 Å². The average molecular weight is 392 g/mol. The van der Waals surface area contributed by atoms with Crippen LogP contribution >= 0.6 is 0 Å². The van der Waals surface area contributed by atoms with Gasteiger partial charge >= 0.3 is 0 Å². The third-order valence-corrected chi connectivity index (χ3v) is 4.91. The van der Waals surface area contributed by atoms with Gasteiger partial charge in [-0.05, 0) is 61.6 Å². The molecule has 5 nitrogen and oxygen atoms in total. The Balaban J connectivity index is 2.05. The van der Waals surface area contributed by atoms with E-state index in [0.717, 1.165) is 40.2 Å². The van der Waals surface area contributed by atoms with E-state index >= 15 is 0 Å². The summed E-state index contributed by atoms with van der Waals surface area (Å²) in [6.07, 6.45) is 0.937. The minimum absolute atomic E-state index is 0.117. The molecule has 0 bridgehead atoms. The van der Waals surface area contributed by atoms with E-state index in [-0.39, 0.29) is 5.91 Å². The number of nitrogens with one attached hydrogen (secondary N) is 1. The van der Waals surface area contributed by atoms with Gasteiger partial charge in [0, 0.05) is 12.1 Å². The summed E-state index contributed by atoms with van der Waals surface area (Å²) in [6, 6.07) is 15.7. The quantitative estimate of drug-likeness (QED) is 0.621. The molecule has 0 aliphatic rings. The van der Waals surface area contributed by atoms with E-state index in [2.05, 4.69) is 37.4 Å². The van der Waals surface area contributed by atoms with Crippen molar-refractivity contribution < 1.29 is 9.53 Å². The van der Waals surface area contributed by atoms with Crippen molar-refractivity contribution in [3.05, 3.63) is 65.4 Å². The summed E-state index contributed by atoms with van der Waals surface area (Å²) >= 11 is 0. The van der Waals surface area contributed by atoms with Crippen LogP contribution in [-0.2, 0) is 0 Å². The molecule has 1 N–H and O–H groups in total. The lowest BCUT2D eigenvalue weighted by Crippen LogP contribution is -2.27. The Morgan fingerprint density at radius 2 is 1.93 bits per heavy atom. The molecule has 1 heterocycles. The summed E-state index contributed by atoms with van der Waals surface area (Å²) in [6.45, 7) is 9.00. The number of nitrogens with zero attached hydrogens (tertiary/aromatic N) is 2. The van der Waals surface area contributed by atoms with Gasteiger partial charge in [-0.15, -0.1) is 0 Å². The molecular formula is C24H29N3O2.